The molecule has 0 unspecified atom stereocenters. The first-order valence-electron chi connectivity index (χ1n) is 19.2. The van der Waals surface area contributed by atoms with Gasteiger partial charge in [0.25, 0.3) is 0 Å². The molecule has 4 heteroatoms. The number of rotatable bonds is 7. The van der Waals surface area contributed by atoms with Crippen LogP contribution in [0.5, 0.6) is 0 Å². The molecule has 0 amide bonds. The van der Waals surface area contributed by atoms with E-state index in [-0.39, 0.29) is 0 Å². The molecular formula is C53H34N2O2. The third kappa shape index (κ3) is 5.92. The number of benzene rings is 9. The molecule has 0 bridgehead atoms. The van der Waals surface area contributed by atoms with Crippen LogP contribution in [0.25, 0.3) is 88.6 Å². The minimum absolute atomic E-state index is 0.592. The van der Waals surface area contributed by atoms with Crippen molar-refractivity contribution >= 4 is 60.9 Å². The fourth-order valence-electron chi connectivity index (χ4n) is 8.05. The fraction of sp³-hybridized carbons (Fsp3) is 0. The Morgan fingerprint density at radius 2 is 0.930 bits per heavy atom. The summed E-state index contributed by atoms with van der Waals surface area (Å²) < 4.78 is 12.7. The number of anilines is 3. The van der Waals surface area contributed by atoms with Crippen molar-refractivity contribution in [1.82, 2.24) is 4.98 Å². The van der Waals surface area contributed by atoms with E-state index in [1.165, 1.54) is 33.0 Å². The van der Waals surface area contributed by atoms with Crippen LogP contribution >= 0.6 is 0 Å². The molecule has 0 aliphatic carbocycles. The van der Waals surface area contributed by atoms with Crippen LogP contribution in [0.2, 0.25) is 0 Å². The van der Waals surface area contributed by atoms with Gasteiger partial charge in [-0.15, -0.1) is 0 Å². The first-order valence-corrected chi connectivity index (χ1v) is 19.2. The number of oxazole rings is 1. The van der Waals surface area contributed by atoms with Gasteiger partial charge in [0.15, 0.2) is 5.58 Å². The number of nitrogens with zero attached hydrogens (tertiary/aromatic N) is 2. The van der Waals surface area contributed by atoms with E-state index in [2.05, 4.69) is 175 Å². The van der Waals surface area contributed by atoms with Gasteiger partial charge < -0.3 is 13.7 Å². The van der Waals surface area contributed by atoms with Crippen LogP contribution in [0, 0.1) is 0 Å². The maximum atomic E-state index is 6.46. The lowest BCUT2D eigenvalue weighted by Gasteiger charge is -2.27. The second-order valence-electron chi connectivity index (χ2n) is 14.4. The monoisotopic (exact) mass is 730 g/mol. The van der Waals surface area contributed by atoms with Crippen molar-refractivity contribution in [3.63, 3.8) is 0 Å². The van der Waals surface area contributed by atoms with Crippen LogP contribution in [0.15, 0.2) is 215 Å². The summed E-state index contributed by atoms with van der Waals surface area (Å²) in [6.07, 6.45) is 0. The second-order valence-corrected chi connectivity index (χ2v) is 14.4. The van der Waals surface area contributed by atoms with E-state index in [1.54, 1.807) is 0 Å². The largest absolute Gasteiger partial charge is 0.456 e. The van der Waals surface area contributed by atoms with Gasteiger partial charge in [0, 0.05) is 39.5 Å². The van der Waals surface area contributed by atoms with E-state index in [0.29, 0.717) is 11.5 Å². The molecule has 0 spiro atoms. The van der Waals surface area contributed by atoms with Crippen LogP contribution in [0.4, 0.5) is 17.1 Å². The minimum atomic E-state index is 0.592. The highest BCUT2D eigenvalue weighted by atomic mass is 16.4. The molecular weight excluding hydrogens is 697 g/mol. The summed E-state index contributed by atoms with van der Waals surface area (Å²) in [5.41, 5.74) is 14.1. The first-order chi connectivity index (χ1) is 28.2. The van der Waals surface area contributed by atoms with Crippen molar-refractivity contribution in [3.8, 4) is 44.8 Å². The highest BCUT2D eigenvalue weighted by Gasteiger charge is 2.20. The first kappa shape index (κ1) is 32.7. The number of aromatic nitrogens is 1. The van der Waals surface area contributed by atoms with Crippen LogP contribution in [-0.2, 0) is 0 Å². The zero-order chi connectivity index (χ0) is 37.7. The Hall–Kier alpha value is -7.69. The molecule has 0 saturated heterocycles. The average Bonchev–Trinajstić information content (AvgIpc) is 3.87. The molecule has 9 aromatic carbocycles. The highest BCUT2D eigenvalue weighted by Crippen LogP contribution is 2.44. The molecule has 0 aliphatic heterocycles. The Morgan fingerprint density at radius 3 is 1.70 bits per heavy atom. The van der Waals surface area contributed by atoms with Gasteiger partial charge in [0.1, 0.15) is 16.7 Å². The Kier molecular flexibility index (Phi) is 7.78. The molecule has 0 fully saturated rings. The summed E-state index contributed by atoms with van der Waals surface area (Å²) in [7, 11) is 0. The molecule has 57 heavy (non-hydrogen) atoms. The van der Waals surface area contributed by atoms with Crippen molar-refractivity contribution in [3.05, 3.63) is 206 Å². The Labute approximate surface area is 329 Å². The second kappa shape index (κ2) is 13.6. The van der Waals surface area contributed by atoms with Crippen LogP contribution in [0.1, 0.15) is 0 Å². The normalized spacial score (nSPS) is 11.5. The standard InChI is InChI=1S/C53H34N2O2/c1-4-12-35(13-5-1)37-22-24-42(25-23-37)55(43-26-28-45(38-15-6-2-7-16-38)46(31-43)41-21-20-36-14-10-11-19-40(36)30-41)44-27-29-50-47(32-44)48-33-49-52(34-51(48)56-50)57-53(54-49)39-17-8-3-9-18-39/h1-34H. The molecule has 0 atom stereocenters. The van der Waals surface area contributed by atoms with Gasteiger partial charge in [-0.05, 0) is 111 Å². The van der Waals surface area contributed by atoms with Crippen molar-refractivity contribution in [2.45, 2.75) is 0 Å². The zero-order valence-corrected chi connectivity index (χ0v) is 30.8. The van der Waals surface area contributed by atoms with Crippen molar-refractivity contribution in [2.24, 2.45) is 0 Å². The lowest BCUT2D eigenvalue weighted by Crippen LogP contribution is -2.10. The van der Waals surface area contributed by atoms with Gasteiger partial charge >= 0.3 is 0 Å². The van der Waals surface area contributed by atoms with Crippen LogP contribution in [-0.4, -0.2) is 4.98 Å². The molecule has 2 aromatic heterocycles. The Balaban J connectivity index is 1.10. The van der Waals surface area contributed by atoms with E-state index in [1.807, 2.05) is 36.4 Å². The van der Waals surface area contributed by atoms with E-state index in [0.717, 1.165) is 61.2 Å². The quantitative estimate of drug-likeness (QED) is 0.164. The van der Waals surface area contributed by atoms with E-state index >= 15 is 0 Å². The maximum Gasteiger partial charge on any atom is 0.227 e. The summed E-state index contributed by atoms with van der Waals surface area (Å²) in [5.74, 6) is 0.592. The average molecular weight is 731 g/mol. The third-order valence-electron chi connectivity index (χ3n) is 10.9. The highest BCUT2D eigenvalue weighted by molar-refractivity contribution is 6.10. The van der Waals surface area contributed by atoms with Crippen molar-refractivity contribution in [1.29, 1.82) is 0 Å². The number of hydrogen-bond acceptors (Lipinski definition) is 4. The van der Waals surface area contributed by atoms with E-state index in [9.17, 15) is 0 Å². The predicted molar refractivity (Wildman–Crippen MR) is 235 cm³/mol. The molecule has 0 radical (unpaired) electrons. The van der Waals surface area contributed by atoms with Gasteiger partial charge in [-0.2, -0.15) is 0 Å². The summed E-state index contributed by atoms with van der Waals surface area (Å²) in [6.45, 7) is 0. The molecule has 0 saturated carbocycles. The van der Waals surface area contributed by atoms with E-state index < -0.39 is 0 Å². The molecule has 11 rings (SSSR count). The van der Waals surface area contributed by atoms with Gasteiger partial charge in [-0.25, -0.2) is 4.98 Å². The maximum absolute atomic E-state index is 6.46. The van der Waals surface area contributed by atoms with Crippen molar-refractivity contribution in [2.75, 3.05) is 4.90 Å². The third-order valence-corrected chi connectivity index (χ3v) is 10.9. The molecule has 0 aliphatic rings. The van der Waals surface area contributed by atoms with Gasteiger partial charge in [0.2, 0.25) is 5.89 Å². The van der Waals surface area contributed by atoms with Gasteiger partial charge in [-0.3, -0.25) is 0 Å². The van der Waals surface area contributed by atoms with Gasteiger partial charge in [0.05, 0.1) is 0 Å². The molecule has 4 nitrogen and oxygen atoms in total. The van der Waals surface area contributed by atoms with Crippen LogP contribution < -0.4 is 4.90 Å². The summed E-state index contributed by atoms with van der Waals surface area (Å²) in [5, 5.41) is 4.43. The summed E-state index contributed by atoms with van der Waals surface area (Å²) in [6, 6.07) is 72.6. The topological polar surface area (TPSA) is 42.4 Å². The SMILES string of the molecule is c1ccc(-c2ccc(N(c3ccc(-c4ccccc4)c(-c4ccc5ccccc5c4)c3)c3ccc4oc5cc6oc(-c7ccccc7)nc6cc5c4c3)cc2)cc1. The van der Waals surface area contributed by atoms with E-state index in [4.69, 9.17) is 13.8 Å². The summed E-state index contributed by atoms with van der Waals surface area (Å²) >= 11 is 0. The Bertz CT molecular complexity index is 3220. The smallest absolute Gasteiger partial charge is 0.227 e. The Morgan fingerprint density at radius 1 is 0.333 bits per heavy atom. The molecule has 268 valence electrons. The fourth-order valence-corrected chi connectivity index (χ4v) is 8.05. The molecule has 0 N–H and O–H groups in total. The molecule has 11 aromatic rings. The lowest BCUT2D eigenvalue weighted by molar-refractivity contribution is 0.617. The van der Waals surface area contributed by atoms with Crippen molar-refractivity contribution < 1.29 is 8.83 Å². The minimum Gasteiger partial charge on any atom is -0.456 e. The predicted octanol–water partition coefficient (Wildman–Crippen LogP) is 15.0. The number of hydrogen-bond donors (Lipinski definition) is 0. The number of furan rings is 1. The number of fused-ring (bicyclic) bond motifs is 5. The lowest BCUT2D eigenvalue weighted by atomic mass is 9.92. The molecule has 2 heterocycles. The van der Waals surface area contributed by atoms with Crippen LogP contribution in [0.3, 0.4) is 0 Å². The zero-order valence-electron chi connectivity index (χ0n) is 30.8. The summed E-state index contributed by atoms with van der Waals surface area (Å²) in [4.78, 5) is 7.22. The van der Waals surface area contributed by atoms with Gasteiger partial charge in [-0.1, -0.05) is 133 Å².